The lowest BCUT2D eigenvalue weighted by Gasteiger charge is -2.33. The van der Waals surface area contributed by atoms with Gasteiger partial charge in [-0.3, -0.25) is 0 Å². The predicted molar refractivity (Wildman–Crippen MR) is 125 cm³/mol. The number of nitrogens with one attached hydrogen (secondary N) is 2. The van der Waals surface area contributed by atoms with Gasteiger partial charge in [0.25, 0.3) is 0 Å². The molecule has 178 valence electrons. The number of halogens is 2. The van der Waals surface area contributed by atoms with Gasteiger partial charge in [-0.25, -0.2) is 9.31 Å². The number of carbonyl (C=O) groups excluding carboxylic acids is 1. The second-order valence-corrected chi connectivity index (χ2v) is 9.63. The number of alkyl carbamates (subject to hydrolysis) is 1. The maximum Gasteiger partial charge on any atom is 0.407 e. The summed E-state index contributed by atoms with van der Waals surface area (Å²) in [6, 6.07) is 3.36. The predicted octanol–water partition coefficient (Wildman–Crippen LogP) is 5.29. The second-order valence-electron chi connectivity index (χ2n) is 8.94. The number of nitrogens with zero attached hydrogens (tertiary/aromatic N) is 3. The third kappa shape index (κ3) is 5.20. The van der Waals surface area contributed by atoms with Crippen LogP contribution in [-0.2, 0) is 16.0 Å². The Morgan fingerprint density at radius 3 is 2.85 bits per heavy atom. The van der Waals surface area contributed by atoms with E-state index in [0.29, 0.717) is 29.6 Å². The highest BCUT2D eigenvalue weighted by Gasteiger charge is 2.35. The normalized spacial score (nSPS) is 19.0. The van der Waals surface area contributed by atoms with Gasteiger partial charge < -0.3 is 24.5 Å². The zero-order chi connectivity index (χ0) is 23.8. The van der Waals surface area contributed by atoms with Crippen molar-refractivity contribution in [3.8, 4) is 0 Å². The molecule has 0 radical (unpaired) electrons. The van der Waals surface area contributed by atoms with Gasteiger partial charge >= 0.3 is 6.09 Å². The fraction of sp³-hybridized carbons (Fsp3) is 0.500. The van der Waals surface area contributed by atoms with Crippen LogP contribution in [0.15, 0.2) is 22.8 Å². The van der Waals surface area contributed by atoms with Gasteiger partial charge in [-0.15, -0.1) is 5.10 Å². The lowest BCUT2D eigenvalue weighted by Crippen LogP contribution is -2.45. The highest BCUT2D eigenvalue weighted by molar-refractivity contribution is 6.31. The molecule has 0 bridgehead atoms. The van der Waals surface area contributed by atoms with Crippen molar-refractivity contribution in [2.24, 2.45) is 0 Å². The molecule has 3 aromatic rings. The van der Waals surface area contributed by atoms with Gasteiger partial charge in [-0.05, 0) is 69.8 Å². The van der Waals surface area contributed by atoms with E-state index in [2.05, 4.69) is 20.7 Å². The van der Waals surface area contributed by atoms with E-state index in [9.17, 15) is 4.79 Å². The highest BCUT2D eigenvalue weighted by atomic mass is 35.5. The quantitative estimate of drug-likeness (QED) is 0.495. The number of amides is 1. The Kier molecular flexibility index (Phi) is 6.74. The van der Waals surface area contributed by atoms with Gasteiger partial charge in [0.05, 0.1) is 18.8 Å². The number of aromatic nitrogens is 3. The molecule has 3 aromatic heterocycles. The molecule has 0 spiro atoms. The number of carbonyl (C=O) groups is 1. The molecule has 2 N–H and O–H groups in total. The minimum absolute atomic E-state index is 0.0425. The molecule has 0 saturated carbocycles. The number of ether oxygens (including phenoxy) is 2. The molecule has 9 nitrogen and oxygen atoms in total. The maximum absolute atomic E-state index is 12.5. The monoisotopic (exact) mass is 495 g/mol. The molecule has 1 aliphatic rings. The summed E-state index contributed by atoms with van der Waals surface area (Å²) in [5, 5.41) is 10.9. The van der Waals surface area contributed by atoms with E-state index in [0.717, 1.165) is 29.7 Å². The lowest BCUT2D eigenvalue weighted by atomic mass is 9.95. The molecule has 2 atom stereocenters. The number of anilines is 1. The van der Waals surface area contributed by atoms with Crippen LogP contribution in [-0.4, -0.2) is 38.9 Å². The Morgan fingerprint density at radius 1 is 1.36 bits per heavy atom. The molecular formula is C22H27Cl2N5O4. The van der Waals surface area contributed by atoms with Crippen LogP contribution >= 0.6 is 23.2 Å². The van der Waals surface area contributed by atoms with Gasteiger partial charge in [0, 0.05) is 12.2 Å². The van der Waals surface area contributed by atoms with Crippen molar-refractivity contribution < 1.29 is 18.7 Å². The first kappa shape index (κ1) is 23.7. The first-order valence-electron chi connectivity index (χ1n) is 10.8. The zero-order valence-corrected chi connectivity index (χ0v) is 20.5. The smallest absolute Gasteiger partial charge is 0.407 e. The first-order chi connectivity index (χ1) is 15.6. The number of furan rings is 1. The van der Waals surface area contributed by atoms with E-state index in [1.54, 1.807) is 10.8 Å². The summed E-state index contributed by atoms with van der Waals surface area (Å²) in [5.41, 5.74) is 1.64. The SMILES string of the molecule is Cc1c([C@H]2OCCC[C@@H]2NC(=O)OC(C)(C)C)c(Cl)n2nc(Cl)nc(NCc3ccco3)c12. The Balaban J connectivity index is 1.68. The van der Waals surface area contributed by atoms with Gasteiger partial charge in [0.1, 0.15) is 28.1 Å². The average molecular weight is 496 g/mol. The number of rotatable bonds is 5. The lowest BCUT2D eigenvalue weighted by molar-refractivity contribution is -0.0165. The minimum Gasteiger partial charge on any atom is -0.467 e. The fourth-order valence-corrected chi connectivity index (χ4v) is 4.52. The van der Waals surface area contributed by atoms with Gasteiger partial charge in [-0.2, -0.15) is 4.98 Å². The summed E-state index contributed by atoms with van der Waals surface area (Å²) in [6.45, 7) is 8.36. The summed E-state index contributed by atoms with van der Waals surface area (Å²) < 4.78 is 18.5. The van der Waals surface area contributed by atoms with E-state index < -0.39 is 17.8 Å². The van der Waals surface area contributed by atoms with E-state index in [1.165, 1.54) is 0 Å². The van der Waals surface area contributed by atoms with Crippen LogP contribution in [0.4, 0.5) is 10.6 Å². The molecule has 0 unspecified atom stereocenters. The van der Waals surface area contributed by atoms with Crippen LogP contribution in [0.3, 0.4) is 0 Å². The van der Waals surface area contributed by atoms with Crippen molar-refractivity contribution in [1.29, 1.82) is 0 Å². The Bertz CT molecular complexity index is 1140. The number of fused-ring (bicyclic) bond motifs is 1. The van der Waals surface area contributed by atoms with E-state index >= 15 is 0 Å². The highest BCUT2D eigenvalue weighted by Crippen LogP contribution is 2.40. The average Bonchev–Trinajstić information content (AvgIpc) is 3.32. The van der Waals surface area contributed by atoms with E-state index in [1.807, 2.05) is 39.8 Å². The standard InChI is InChI=1S/C22H27Cl2N5O4/c1-12-15(17-14(8-6-10-32-17)26-21(30)33-22(2,3)4)18(23)29-16(12)19(27-20(24)28-29)25-11-13-7-5-9-31-13/h5,7,9,14,17H,6,8,10-11H2,1-4H3,(H,26,30)(H,25,27,28)/t14-,17-/m0/s1. The molecule has 1 saturated heterocycles. The summed E-state index contributed by atoms with van der Waals surface area (Å²) in [4.78, 5) is 16.8. The molecule has 1 fully saturated rings. The molecule has 1 amide bonds. The fourth-order valence-electron chi connectivity index (χ4n) is 3.99. The van der Waals surface area contributed by atoms with Crippen LogP contribution in [0.2, 0.25) is 10.4 Å². The largest absolute Gasteiger partial charge is 0.467 e. The van der Waals surface area contributed by atoms with Crippen molar-refractivity contribution in [3.63, 3.8) is 0 Å². The van der Waals surface area contributed by atoms with Crippen LogP contribution in [0, 0.1) is 6.92 Å². The van der Waals surface area contributed by atoms with E-state index in [4.69, 9.17) is 37.1 Å². The summed E-state index contributed by atoms with van der Waals surface area (Å²) >= 11 is 13.0. The van der Waals surface area contributed by atoms with Crippen LogP contribution in [0.5, 0.6) is 0 Å². The molecule has 11 heteroatoms. The molecule has 4 heterocycles. The number of aryl methyl sites for hydroxylation is 1. The molecule has 0 aromatic carbocycles. The van der Waals surface area contributed by atoms with Gasteiger partial charge in [0.15, 0.2) is 5.82 Å². The molecule has 4 rings (SSSR count). The van der Waals surface area contributed by atoms with Crippen molar-refractivity contribution in [1.82, 2.24) is 19.9 Å². The van der Waals surface area contributed by atoms with Crippen LogP contribution in [0.25, 0.3) is 5.52 Å². The zero-order valence-electron chi connectivity index (χ0n) is 18.9. The van der Waals surface area contributed by atoms with E-state index in [-0.39, 0.29) is 11.3 Å². The first-order valence-corrected chi connectivity index (χ1v) is 11.5. The third-order valence-electron chi connectivity index (χ3n) is 5.31. The summed E-state index contributed by atoms with van der Waals surface area (Å²) in [5.74, 6) is 1.26. The van der Waals surface area contributed by atoms with Crippen molar-refractivity contribution in [2.45, 2.75) is 64.8 Å². The third-order valence-corrected chi connectivity index (χ3v) is 5.83. The summed E-state index contributed by atoms with van der Waals surface area (Å²) in [6.07, 6.45) is 2.17. The second kappa shape index (κ2) is 9.40. The number of hydrogen-bond donors (Lipinski definition) is 2. The molecular weight excluding hydrogens is 469 g/mol. The maximum atomic E-state index is 12.5. The topological polar surface area (TPSA) is 103 Å². The van der Waals surface area contributed by atoms with Crippen LogP contribution < -0.4 is 10.6 Å². The van der Waals surface area contributed by atoms with Gasteiger partial charge in [-0.1, -0.05) is 11.6 Å². The summed E-state index contributed by atoms with van der Waals surface area (Å²) in [7, 11) is 0. The molecule has 33 heavy (non-hydrogen) atoms. The molecule has 1 aliphatic heterocycles. The van der Waals surface area contributed by atoms with Crippen molar-refractivity contribution >= 4 is 40.6 Å². The Hall–Kier alpha value is -2.49. The Labute approximate surface area is 201 Å². The minimum atomic E-state index is -0.603. The van der Waals surface area contributed by atoms with Crippen molar-refractivity contribution in [2.75, 3.05) is 11.9 Å². The van der Waals surface area contributed by atoms with Gasteiger partial charge in [0.2, 0.25) is 5.28 Å². The molecule has 0 aliphatic carbocycles. The Morgan fingerprint density at radius 2 is 2.15 bits per heavy atom. The number of hydrogen-bond acceptors (Lipinski definition) is 7. The van der Waals surface area contributed by atoms with Crippen LogP contribution in [0.1, 0.15) is 56.6 Å². The van der Waals surface area contributed by atoms with Crippen molar-refractivity contribution in [3.05, 3.63) is 45.7 Å².